The topological polar surface area (TPSA) is 73.2 Å². The molecule has 1 N–H and O–H groups in total. The minimum atomic E-state index is -0.690. The molecule has 24 heavy (non-hydrogen) atoms. The molecule has 0 unspecified atom stereocenters. The van der Waals surface area contributed by atoms with Crippen molar-refractivity contribution in [2.24, 2.45) is 0 Å². The molecule has 7 heteroatoms. The number of hydrogen-bond acceptors (Lipinski definition) is 4. The summed E-state index contributed by atoms with van der Waals surface area (Å²) in [5, 5.41) is 7.58. The molecule has 0 spiro atoms. The van der Waals surface area contributed by atoms with E-state index in [-0.39, 0.29) is 23.4 Å². The molecular weight excluding hydrogens is 330 g/mol. The first kappa shape index (κ1) is 16.5. The lowest BCUT2D eigenvalue weighted by atomic mass is 10.2. The summed E-state index contributed by atoms with van der Waals surface area (Å²) in [7, 11) is 0. The molecule has 0 bridgehead atoms. The molecule has 1 atom stereocenters. The number of carbonyl (C=O) groups is 1. The van der Waals surface area contributed by atoms with Crippen molar-refractivity contribution in [2.75, 3.05) is 0 Å². The van der Waals surface area contributed by atoms with Crippen LogP contribution in [0.15, 0.2) is 35.1 Å². The van der Waals surface area contributed by atoms with Crippen LogP contribution in [0.2, 0.25) is 5.02 Å². The van der Waals surface area contributed by atoms with Crippen LogP contribution in [0.1, 0.15) is 25.3 Å². The average Bonchev–Trinajstić information content (AvgIpc) is 3.35. The first-order chi connectivity index (χ1) is 11.4. The Balaban J connectivity index is 1.84. The zero-order chi connectivity index (χ0) is 17.3. The van der Waals surface area contributed by atoms with E-state index < -0.39 is 6.10 Å². The van der Waals surface area contributed by atoms with Crippen LogP contribution in [0.3, 0.4) is 0 Å². The molecule has 0 saturated heterocycles. The summed E-state index contributed by atoms with van der Waals surface area (Å²) < 4.78 is 6.80. The molecule has 0 radical (unpaired) electrons. The molecular formula is C17H18ClN3O3. The van der Waals surface area contributed by atoms with E-state index in [2.05, 4.69) is 10.4 Å². The van der Waals surface area contributed by atoms with Gasteiger partial charge in [0.25, 0.3) is 11.5 Å². The lowest BCUT2D eigenvalue weighted by molar-refractivity contribution is -0.127. The Labute approximate surface area is 144 Å². The summed E-state index contributed by atoms with van der Waals surface area (Å²) in [5.41, 5.74) is 1.13. The van der Waals surface area contributed by atoms with E-state index in [0.29, 0.717) is 10.7 Å². The second-order valence-electron chi connectivity index (χ2n) is 5.90. The van der Waals surface area contributed by atoms with Crippen molar-refractivity contribution >= 4 is 17.5 Å². The van der Waals surface area contributed by atoms with E-state index in [1.54, 1.807) is 19.1 Å². The number of hydrogen-bond donors (Lipinski definition) is 1. The maximum Gasteiger partial charge on any atom is 0.271 e. The van der Waals surface area contributed by atoms with Gasteiger partial charge in [0.1, 0.15) is 0 Å². The monoisotopic (exact) mass is 347 g/mol. The number of nitrogens with zero attached hydrogens (tertiary/aromatic N) is 2. The maximum atomic E-state index is 12.1. The van der Waals surface area contributed by atoms with Gasteiger partial charge >= 0.3 is 0 Å². The lowest BCUT2D eigenvalue weighted by Gasteiger charge is -2.15. The first-order valence-electron chi connectivity index (χ1n) is 7.78. The number of amides is 1. The van der Waals surface area contributed by atoms with Crippen LogP contribution >= 0.6 is 11.6 Å². The summed E-state index contributed by atoms with van der Waals surface area (Å²) in [6.07, 6.45) is 1.33. The van der Waals surface area contributed by atoms with Crippen LogP contribution in [-0.2, 0) is 4.79 Å². The van der Waals surface area contributed by atoms with E-state index in [9.17, 15) is 9.59 Å². The summed E-state index contributed by atoms with van der Waals surface area (Å²) in [6.45, 7) is 3.51. The molecule has 1 aliphatic carbocycles. The molecule has 126 valence electrons. The van der Waals surface area contributed by atoms with Crippen molar-refractivity contribution in [3.05, 3.63) is 51.3 Å². The van der Waals surface area contributed by atoms with E-state index >= 15 is 0 Å². The number of rotatable bonds is 5. The van der Waals surface area contributed by atoms with E-state index in [0.717, 1.165) is 18.4 Å². The average molecular weight is 348 g/mol. The number of ether oxygens (including phenoxy) is 1. The highest BCUT2D eigenvalue weighted by molar-refractivity contribution is 6.30. The molecule has 1 saturated carbocycles. The van der Waals surface area contributed by atoms with Gasteiger partial charge in [-0.1, -0.05) is 17.7 Å². The van der Waals surface area contributed by atoms with Gasteiger partial charge in [-0.25, -0.2) is 0 Å². The van der Waals surface area contributed by atoms with Crippen LogP contribution in [0.5, 0.6) is 5.88 Å². The van der Waals surface area contributed by atoms with Crippen LogP contribution in [0.4, 0.5) is 0 Å². The summed E-state index contributed by atoms with van der Waals surface area (Å²) in [5.74, 6) is 0.0170. The van der Waals surface area contributed by atoms with E-state index in [1.807, 2.05) is 13.0 Å². The Morgan fingerprint density at radius 2 is 2.12 bits per heavy atom. The Morgan fingerprint density at radius 3 is 2.83 bits per heavy atom. The second-order valence-corrected chi connectivity index (χ2v) is 6.33. The third-order valence-electron chi connectivity index (χ3n) is 3.77. The summed E-state index contributed by atoms with van der Waals surface area (Å²) in [6, 6.07) is 8.30. The molecule has 1 amide bonds. The van der Waals surface area contributed by atoms with Gasteiger partial charge in [-0.2, -0.15) is 4.68 Å². The predicted molar refractivity (Wildman–Crippen MR) is 90.8 cm³/mol. The van der Waals surface area contributed by atoms with Crippen molar-refractivity contribution < 1.29 is 9.53 Å². The number of benzene rings is 1. The van der Waals surface area contributed by atoms with E-state index in [4.69, 9.17) is 16.3 Å². The van der Waals surface area contributed by atoms with Gasteiger partial charge in [0.15, 0.2) is 6.10 Å². The number of carbonyl (C=O) groups excluding carboxylic acids is 1. The molecule has 6 nitrogen and oxygen atoms in total. The quantitative estimate of drug-likeness (QED) is 0.900. The fraction of sp³-hybridized carbons (Fsp3) is 0.353. The second kappa shape index (κ2) is 6.65. The molecule has 1 aromatic carbocycles. The largest absolute Gasteiger partial charge is 0.464 e. The highest BCUT2D eigenvalue weighted by Gasteiger charge is 2.26. The Kier molecular flexibility index (Phi) is 4.57. The zero-order valence-electron chi connectivity index (χ0n) is 13.5. The van der Waals surface area contributed by atoms with Crippen LogP contribution < -0.4 is 15.6 Å². The molecule has 0 aliphatic heterocycles. The molecule has 3 rings (SSSR count). The smallest absolute Gasteiger partial charge is 0.271 e. The van der Waals surface area contributed by atoms with Crippen molar-refractivity contribution in [1.82, 2.24) is 15.1 Å². The molecule has 1 aromatic heterocycles. The molecule has 1 aliphatic rings. The van der Waals surface area contributed by atoms with Gasteiger partial charge in [0.2, 0.25) is 5.88 Å². The van der Waals surface area contributed by atoms with Crippen molar-refractivity contribution in [3.8, 4) is 11.6 Å². The van der Waals surface area contributed by atoms with Gasteiger partial charge in [-0.3, -0.25) is 9.59 Å². The number of halogens is 1. The zero-order valence-corrected chi connectivity index (χ0v) is 14.2. The fourth-order valence-electron chi connectivity index (χ4n) is 2.22. The SMILES string of the molecule is Cc1ccc(Cl)cc1-n1nc(O[C@H](C)C(=O)NC2CC2)ccc1=O. The minimum absolute atomic E-state index is 0.184. The number of aryl methyl sites for hydroxylation is 1. The normalized spacial score (nSPS) is 15.0. The Morgan fingerprint density at radius 1 is 1.38 bits per heavy atom. The Hall–Kier alpha value is -2.34. The van der Waals surface area contributed by atoms with E-state index in [1.165, 1.54) is 16.8 Å². The van der Waals surface area contributed by atoms with Crippen molar-refractivity contribution in [1.29, 1.82) is 0 Å². The standard InChI is InChI=1S/C17H18ClN3O3/c1-10-3-4-12(18)9-14(10)21-16(22)8-7-15(20-21)24-11(2)17(23)19-13-5-6-13/h3-4,7-9,11,13H,5-6H2,1-2H3,(H,19,23)/t11-/m1/s1. The fourth-order valence-corrected chi connectivity index (χ4v) is 2.39. The molecule has 1 fully saturated rings. The van der Waals surface area contributed by atoms with Crippen molar-refractivity contribution in [3.63, 3.8) is 0 Å². The van der Waals surface area contributed by atoms with Crippen molar-refractivity contribution in [2.45, 2.75) is 38.8 Å². The van der Waals surface area contributed by atoms with Gasteiger partial charge in [-0.05, 0) is 44.4 Å². The lowest BCUT2D eigenvalue weighted by Crippen LogP contribution is -2.38. The number of aromatic nitrogens is 2. The molecule has 1 heterocycles. The minimum Gasteiger partial charge on any atom is -0.464 e. The van der Waals surface area contributed by atoms with Crippen LogP contribution in [0.25, 0.3) is 5.69 Å². The first-order valence-corrected chi connectivity index (χ1v) is 8.16. The summed E-state index contributed by atoms with van der Waals surface area (Å²) in [4.78, 5) is 24.1. The van der Waals surface area contributed by atoms with Gasteiger partial charge < -0.3 is 10.1 Å². The predicted octanol–water partition coefficient (Wildman–Crippen LogP) is 2.24. The third-order valence-corrected chi connectivity index (χ3v) is 4.00. The van der Waals surface area contributed by atoms with Crippen LogP contribution in [0, 0.1) is 6.92 Å². The molecule has 2 aromatic rings. The van der Waals surface area contributed by atoms with Gasteiger partial charge in [-0.15, -0.1) is 5.10 Å². The Bertz CT molecular complexity index is 830. The summed E-state index contributed by atoms with van der Waals surface area (Å²) >= 11 is 6.01. The highest BCUT2D eigenvalue weighted by atomic mass is 35.5. The van der Waals surface area contributed by atoms with Gasteiger partial charge in [0.05, 0.1) is 5.69 Å². The highest BCUT2D eigenvalue weighted by Crippen LogP contribution is 2.20. The maximum absolute atomic E-state index is 12.1. The van der Waals surface area contributed by atoms with Crippen LogP contribution in [-0.4, -0.2) is 27.8 Å². The van der Waals surface area contributed by atoms with Gasteiger partial charge in [0, 0.05) is 23.2 Å². The third kappa shape index (κ3) is 3.76. The number of nitrogens with one attached hydrogen (secondary N) is 1.